The van der Waals surface area contributed by atoms with E-state index in [4.69, 9.17) is 0 Å². The molecule has 0 unspecified atom stereocenters. The maximum absolute atomic E-state index is 2.26. The quantitative estimate of drug-likeness (QED) is 0.546. The Labute approximate surface area is 68.7 Å². The molecule has 0 saturated carbocycles. The van der Waals surface area contributed by atoms with Crippen molar-refractivity contribution in [1.82, 2.24) is 4.90 Å². The van der Waals surface area contributed by atoms with Gasteiger partial charge in [0, 0.05) is 18.4 Å². The highest BCUT2D eigenvalue weighted by atomic mass is 15.1. The Morgan fingerprint density at radius 3 is 2.73 bits per heavy atom. The van der Waals surface area contributed by atoms with Gasteiger partial charge in [-0.15, -0.1) is 0 Å². The van der Waals surface area contributed by atoms with E-state index in [1.165, 1.54) is 12.1 Å². The highest BCUT2D eigenvalue weighted by Gasteiger charge is 2.05. The lowest BCUT2D eigenvalue weighted by molar-refractivity contribution is 0.518. The van der Waals surface area contributed by atoms with Crippen molar-refractivity contribution in [2.75, 3.05) is 6.54 Å². The summed E-state index contributed by atoms with van der Waals surface area (Å²) in [5.74, 6) is 0. The molecule has 1 nitrogen and oxygen atoms in total. The fraction of sp³-hybridized carbons (Fsp3) is 0.400. The normalized spacial score (nSPS) is 18.7. The van der Waals surface area contributed by atoms with Crippen molar-refractivity contribution in [3.05, 3.63) is 36.2 Å². The maximum atomic E-state index is 2.26. The van der Waals surface area contributed by atoms with Crippen LogP contribution in [-0.2, 0) is 0 Å². The number of hydrogen-bond acceptors (Lipinski definition) is 1. The van der Waals surface area contributed by atoms with Crippen LogP contribution in [0.4, 0.5) is 0 Å². The van der Waals surface area contributed by atoms with Gasteiger partial charge >= 0.3 is 0 Å². The summed E-state index contributed by atoms with van der Waals surface area (Å²) in [7, 11) is 0. The van der Waals surface area contributed by atoms with E-state index in [2.05, 4.69) is 42.3 Å². The van der Waals surface area contributed by atoms with E-state index in [0.29, 0.717) is 0 Å². The van der Waals surface area contributed by atoms with Gasteiger partial charge in [-0.1, -0.05) is 18.2 Å². The van der Waals surface area contributed by atoms with Crippen LogP contribution in [0, 0.1) is 0 Å². The van der Waals surface area contributed by atoms with E-state index >= 15 is 0 Å². The van der Waals surface area contributed by atoms with Crippen molar-refractivity contribution >= 4 is 0 Å². The number of rotatable bonds is 2. The summed E-state index contributed by atoms with van der Waals surface area (Å²) in [6, 6.07) is 0. The van der Waals surface area contributed by atoms with Crippen LogP contribution in [0.15, 0.2) is 36.2 Å². The topological polar surface area (TPSA) is 3.24 Å². The molecular formula is C10H15N. The lowest BCUT2D eigenvalue weighted by atomic mass is 10.3. The third-order valence-electron chi connectivity index (χ3n) is 1.79. The monoisotopic (exact) mass is 149 g/mol. The predicted molar refractivity (Wildman–Crippen MR) is 49.0 cm³/mol. The average Bonchev–Trinajstić information content (AvgIpc) is 2.52. The van der Waals surface area contributed by atoms with Crippen LogP contribution in [0.3, 0.4) is 0 Å². The van der Waals surface area contributed by atoms with Gasteiger partial charge in [0.2, 0.25) is 0 Å². The van der Waals surface area contributed by atoms with Crippen molar-refractivity contribution in [3.63, 3.8) is 0 Å². The van der Waals surface area contributed by atoms with Crippen molar-refractivity contribution < 1.29 is 0 Å². The molecule has 0 N–H and O–H groups in total. The van der Waals surface area contributed by atoms with Crippen LogP contribution in [0.5, 0.6) is 0 Å². The first-order valence-electron chi connectivity index (χ1n) is 4.10. The summed E-state index contributed by atoms with van der Waals surface area (Å²) in [4.78, 5) is 2.26. The van der Waals surface area contributed by atoms with Crippen LogP contribution in [0.2, 0.25) is 0 Å². The lowest BCUT2D eigenvalue weighted by Crippen LogP contribution is -2.11. The van der Waals surface area contributed by atoms with Crippen LogP contribution in [0.25, 0.3) is 0 Å². The zero-order valence-corrected chi connectivity index (χ0v) is 7.25. The Morgan fingerprint density at radius 2 is 2.27 bits per heavy atom. The molecule has 1 heteroatoms. The Bertz CT molecular complexity index is 199. The van der Waals surface area contributed by atoms with E-state index in [9.17, 15) is 0 Å². The fourth-order valence-electron chi connectivity index (χ4n) is 1.23. The molecule has 0 fully saturated rings. The van der Waals surface area contributed by atoms with Crippen molar-refractivity contribution in [3.8, 4) is 0 Å². The minimum atomic E-state index is 1.13. The van der Waals surface area contributed by atoms with E-state index in [-0.39, 0.29) is 0 Å². The van der Waals surface area contributed by atoms with Crippen molar-refractivity contribution in [1.29, 1.82) is 0 Å². The maximum Gasteiger partial charge on any atom is 0.0359 e. The summed E-state index contributed by atoms with van der Waals surface area (Å²) < 4.78 is 0. The van der Waals surface area contributed by atoms with Crippen LogP contribution >= 0.6 is 0 Å². The Kier molecular flexibility index (Phi) is 2.96. The molecular weight excluding hydrogens is 134 g/mol. The largest absolute Gasteiger partial charge is 0.348 e. The van der Waals surface area contributed by atoms with Crippen LogP contribution < -0.4 is 0 Å². The fourth-order valence-corrected chi connectivity index (χ4v) is 1.23. The Balaban J connectivity index is 2.62. The number of hydrogen-bond donors (Lipinski definition) is 0. The standard InChI is InChI=1S/C10H15N/c1-3-7-10(4-2)11-8-5-6-9-11/h3-5,7-8H,6,9H2,1-2H3/b7-3-,10-4+. The molecule has 60 valence electrons. The second-order valence-corrected chi connectivity index (χ2v) is 2.58. The van der Waals surface area contributed by atoms with Crippen LogP contribution in [-0.4, -0.2) is 11.4 Å². The highest BCUT2D eigenvalue weighted by Crippen LogP contribution is 2.13. The zero-order valence-electron chi connectivity index (χ0n) is 7.25. The minimum absolute atomic E-state index is 1.13. The number of nitrogens with zero attached hydrogens (tertiary/aromatic N) is 1. The smallest absolute Gasteiger partial charge is 0.0359 e. The SMILES string of the molecule is C/C=C\C(=C/C)N1C=CCC1. The molecule has 11 heavy (non-hydrogen) atoms. The van der Waals surface area contributed by atoms with Gasteiger partial charge in [0.15, 0.2) is 0 Å². The molecule has 1 rings (SSSR count). The summed E-state index contributed by atoms with van der Waals surface area (Å²) >= 11 is 0. The molecule has 0 atom stereocenters. The van der Waals surface area contributed by atoms with Crippen molar-refractivity contribution in [2.45, 2.75) is 20.3 Å². The molecule has 0 aromatic heterocycles. The third-order valence-corrected chi connectivity index (χ3v) is 1.79. The van der Waals surface area contributed by atoms with E-state index in [1.807, 2.05) is 6.92 Å². The molecule has 0 aromatic rings. The first-order valence-corrected chi connectivity index (χ1v) is 4.10. The summed E-state index contributed by atoms with van der Waals surface area (Å²) in [5, 5.41) is 0. The zero-order chi connectivity index (χ0) is 8.10. The molecule has 0 bridgehead atoms. The van der Waals surface area contributed by atoms with E-state index in [0.717, 1.165) is 6.54 Å². The molecule has 0 spiro atoms. The van der Waals surface area contributed by atoms with Crippen LogP contribution in [0.1, 0.15) is 20.3 Å². The third kappa shape index (κ3) is 1.97. The molecule has 0 aliphatic carbocycles. The first-order chi connectivity index (χ1) is 5.38. The lowest BCUT2D eigenvalue weighted by Gasteiger charge is -2.15. The minimum Gasteiger partial charge on any atom is -0.348 e. The number of allylic oxidation sites excluding steroid dienone is 3. The Morgan fingerprint density at radius 1 is 1.45 bits per heavy atom. The van der Waals surface area contributed by atoms with Gasteiger partial charge in [-0.3, -0.25) is 0 Å². The molecule has 0 saturated heterocycles. The van der Waals surface area contributed by atoms with Gasteiger partial charge < -0.3 is 4.90 Å². The van der Waals surface area contributed by atoms with Gasteiger partial charge in [-0.25, -0.2) is 0 Å². The van der Waals surface area contributed by atoms with Gasteiger partial charge in [0.25, 0.3) is 0 Å². The summed E-state index contributed by atoms with van der Waals surface area (Å²) in [6.45, 7) is 5.24. The van der Waals surface area contributed by atoms with Crippen molar-refractivity contribution in [2.24, 2.45) is 0 Å². The highest BCUT2D eigenvalue weighted by molar-refractivity contribution is 5.20. The second-order valence-electron chi connectivity index (χ2n) is 2.58. The van der Waals surface area contributed by atoms with E-state index in [1.54, 1.807) is 0 Å². The molecule has 0 amide bonds. The van der Waals surface area contributed by atoms with Gasteiger partial charge in [-0.05, 0) is 26.3 Å². The van der Waals surface area contributed by atoms with Gasteiger partial charge in [-0.2, -0.15) is 0 Å². The van der Waals surface area contributed by atoms with E-state index < -0.39 is 0 Å². The first kappa shape index (κ1) is 8.12. The molecule has 1 heterocycles. The van der Waals surface area contributed by atoms with Gasteiger partial charge in [0.1, 0.15) is 0 Å². The average molecular weight is 149 g/mol. The predicted octanol–water partition coefficient (Wildman–Crippen LogP) is 2.69. The molecule has 0 radical (unpaired) electrons. The molecule has 1 aliphatic rings. The molecule has 0 aromatic carbocycles. The summed E-state index contributed by atoms with van der Waals surface area (Å²) in [6.07, 6.45) is 11.9. The van der Waals surface area contributed by atoms with Gasteiger partial charge in [0.05, 0.1) is 0 Å². The summed E-state index contributed by atoms with van der Waals surface area (Å²) in [5.41, 5.74) is 1.29. The second kappa shape index (κ2) is 4.02. The molecule has 1 aliphatic heterocycles. The Hall–Kier alpha value is -0.980.